The zero-order valence-corrected chi connectivity index (χ0v) is 54.4. The first-order valence-electron chi connectivity index (χ1n) is 33.6. The summed E-state index contributed by atoms with van der Waals surface area (Å²) in [7, 11) is 1.47. The number of hydrogen-bond donors (Lipinski definition) is 2. The Bertz CT molecular complexity index is 1710. The van der Waals surface area contributed by atoms with E-state index >= 15 is 0 Å². The van der Waals surface area contributed by atoms with Crippen LogP contribution in [-0.2, 0) is 27.9 Å². The van der Waals surface area contributed by atoms with Gasteiger partial charge in [0.05, 0.1) is 33.8 Å². The molecular formula is C71H128N2O7P+. The van der Waals surface area contributed by atoms with Crippen LogP contribution in [0.4, 0.5) is 0 Å². The van der Waals surface area contributed by atoms with Crippen molar-refractivity contribution in [2.24, 2.45) is 0 Å². The summed E-state index contributed by atoms with van der Waals surface area (Å²) in [5.74, 6) is -0.536. The Hall–Kier alpha value is -3.07. The Balaban J connectivity index is 5.22. The number of hydrogen-bond acceptors (Lipinski definition) is 6. The molecule has 1 amide bonds. The third kappa shape index (κ3) is 61.3. The summed E-state index contributed by atoms with van der Waals surface area (Å²) in [6, 6.07) is -0.869. The number of carbonyl (C=O) groups is 2. The Morgan fingerprint density at radius 3 is 1.15 bits per heavy atom. The van der Waals surface area contributed by atoms with Crippen LogP contribution in [0.25, 0.3) is 0 Å². The van der Waals surface area contributed by atoms with E-state index in [1.807, 2.05) is 33.3 Å². The molecule has 0 heterocycles. The lowest BCUT2D eigenvalue weighted by molar-refractivity contribution is -0.870. The fourth-order valence-corrected chi connectivity index (χ4v) is 10.0. The average Bonchev–Trinajstić information content (AvgIpc) is 3.44. The number of unbranched alkanes of at least 4 members (excludes halogenated alkanes) is 30. The summed E-state index contributed by atoms with van der Waals surface area (Å²) in [5.41, 5.74) is 0. The smallest absolute Gasteiger partial charge is 0.456 e. The van der Waals surface area contributed by atoms with Crippen molar-refractivity contribution in [2.45, 2.75) is 303 Å². The van der Waals surface area contributed by atoms with E-state index in [0.29, 0.717) is 17.4 Å². The Labute approximate surface area is 500 Å². The lowest BCUT2D eigenvalue weighted by atomic mass is 10.0. The van der Waals surface area contributed by atoms with Gasteiger partial charge in [0.1, 0.15) is 19.3 Å². The number of phosphoric acid groups is 1. The standard InChI is InChI=1S/C71H127N2O7P/c1-7-10-13-16-19-22-25-28-30-32-33-34-35-36-37-38-39-41-43-46-49-52-55-58-61-64-71(75)80-69(62-59-56-53-50-47-44-27-24-21-18-15-12-9-3)68(67-79-81(76,77)78-66-65-73(4,5)6)72-70(74)63-60-57-54-51-48-45-42-40-31-29-26-23-20-17-14-11-8-2/h19-20,22-23,28-31,33-34,36-37,42,45,59,62,68-69H,7-18,21,24-27,32,35,38-41,43-44,46-58,60-61,63-67H2,1-6H3,(H-,72,74,76,77)/p+1/b22-19-,23-20-,30-28-,31-29-,34-33-,37-36-,45-42-,62-59-. The number of esters is 1. The van der Waals surface area contributed by atoms with E-state index in [1.54, 1.807) is 0 Å². The summed E-state index contributed by atoms with van der Waals surface area (Å²) < 4.78 is 30.8. The minimum Gasteiger partial charge on any atom is -0.456 e. The van der Waals surface area contributed by atoms with Gasteiger partial charge in [-0.1, -0.05) is 260 Å². The molecule has 9 nitrogen and oxygen atoms in total. The molecule has 3 atom stereocenters. The molecule has 81 heavy (non-hydrogen) atoms. The highest BCUT2D eigenvalue weighted by molar-refractivity contribution is 7.47. The second-order valence-electron chi connectivity index (χ2n) is 23.6. The molecule has 0 aromatic carbocycles. The number of amides is 1. The molecular weight excluding hydrogens is 1020 g/mol. The molecule has 0 radical (unpaired) electrons. The van der Waals surface area contributed by atoms with Crippen molar-refractivity contribution in [3.05, 3.63) is 97.2 Å². The highest BCUT2D eigenvalue weighted by Gasteiger charge is 2.30. The predicted octanol–water partition coefficient (Wildman–Crippen LogP) is 21.1. The number of phosphoric ester groups is 1. The lowest BCUT2D eigenvalue weighted by Gasteiger charge is -2.27. The summed E-state index contributed by atoms with van der Waals surface area (Å²) >= 11 is 0. The van der Waals surface area contributed by atoms with Gasteiger partial charge in [-0.05, 0) is 115 Å². The lowest BCUT2D eigenvalue weighted by Crippen LogP contribution is -2.47. The quantitative estimate of drug-likeness (QED) is 0.0205. The highest BCUT2D eigenvalue weighted by atomic mass is 31.2. The van der Waals surface area contributed by atoms with Crippen LogP contribution in [0.1, 0.15) is 290 Å². The van der Waals surface area contributed by atoms with E-state index in [-0.39, 0.29) is 31.5 Å². The third-order valence-corrected chi connectivity index (χ3v) is 15.5. The molecule has 0 spiro atoms. The van der Waals surface area contributed by atoms with Gasteiger partial charge in [0, 0.05) is 12.8 Å². The molecule has 0 aliphatic heterocycles. The van der Waals surface area contributed by atoms with Crippen molar-refractivity contribution in [3.8, 4) is 0 Å². The zero-order valence-electron chi connectivity index (χ0n) is 53.5. The van der Waals surface area contributed by atoms with Gasteiger partial charge < -0.3 is 19.4 Å². The Kier molecular flexibility index (Phi) is 57.8. The largest absolute Gasteiger partial charge is 0.472 e. The van der Waals surface area contributed by atoms with Crippen molar-refractivity contribution in [1.82, 2.24) is 5.32 Å². The number of rotatable bonds is 60. The van der Waals surface area contributed by atoms with Crippen LogP contribution in [0.2, 0.25) is 0 Å². The predicted molar refractivity (Wildman–Crippen MR) is 350 cm³/mol. The van der Waals surface area contributed by atoms with Crippen molar-refractivity contribution >= 4 is 19.7 Å². The summed E-state index contributed by atoms with van der Waals surface area (Å²) in [4.78, 5) is 37.8. The summed E-state index contributed by atoms with van der Waals surface area (Å²) in [6.07, 6.45) is 81.2. The minimum absolute atomic E-state index is 0.0306. The molecule has 468 valence electrons. The zero-order chi connectivity index (χ0) is 59.3. The maximum Gasteiger partial charge on any atom is 0.472 e. The van der Waals surface area contributed by atoms with E-state index in [9.17, 15) is 19.0 Å². The number of quaternary nitrogens is 1. The average molecular weight is 1150 g/mol. The van der Waals surface area contributed by atoms with E-state index in [0.717, 1.165) is 116 Å². The van der Waals surface area contributed by atoms with Crippen molar-refractivity contribution in [1.29, 1.82) is 0 Å². The normalized spacial score (nSPS) is 14.2. The molecule has 3 unspecified atom stereocenters. The van der Waals surface area contributed by atoms with Crippen LogP contribution in [-0.4, -0.2) is 74.3 Å². The van der Waals surface area contributed by atoms with Gasteiger partial charge in [0.25, 0.3) is 0 Å². The van der Waals surface area contributed by atoms with Crippen LogP contribution in [0.5, 0.6) is 0 Å². The van der Waals surface area contributed by atoms with Gasteiger partial charge in [-0.15, -0.1) is 0 Å². The van der Waals surface area contributed by atoms with Gasteiger partial charge in [-0.2, -0.15) is 0 Å². The van der Waals surface area contributed by atoms with Crippen molar-refractivity contribution < 1.29 is 37.3 Å². The number of carbonyl (C=O) groups excluding carboxylic acids is 2. The molecule has 0 aromatic heterocycles. The van der Waals surface area contributed by atoms with Gasteiger partial charge in [-0.25, -0.2) is 4.57 Å². The van der Waals surface area contributed by atoms with Gasteiger partial charge in [0.15, 0.2) is 0 Å². The number of ether oxygens (including phenoxy) is 1. The summed E-state index contributed by atoms with van der Waals surface area (Å²) in [6.45, 7) is 6.94. The van der Waals surface area contributed by atoms with E-state index in [1.165, 1.54) is 141 Å². The molecule has 0 aromatic rings. The fraction of sp³-hybridized carbons (Fsp3) is 0.746. The first-order chi connectivity index (χ1) is 39.4. The van der Waals surface area contributed by atoms with Crippen LogP contribution >= 0.6 is 7.82 Å². The Morgan fingerprint density at radius 2 is 0.753 bits per heavy atom. The number of allylic oxidation sites excluding steroid dienone is 15. The van der Waals surface area contributed by atoms with Crippen LogP contribution in [0.15, 0.2) is 97.2 Å². The second-order valence-corrected chi connectivity index (χ2v) is 25.1. The molecule has 2 N–H and O–H groups in total. The molecule has 0 bridgehead atoms. The van der Waals surface area contributed by atoms with E-state index in [2.05, 4.69) is 111 Å². The van der Waals surface area contributed by atoms with Gasteiger partial charge in [-0.3, -0.25) is 18.6 Å². The van der Waals surface area contributed by atoms with Crippen LogP contribution in [0.3, 0.4) is 0 Å². The minimum atomic E-state index is -4.46. The molecule has 0 aliphatic rings. The Morgan fingerprint density at radius 1 is 0.432 bits per heavy atom. The van der Waals surface area contributed by atoms with E-state index < -0.39 is 20.0 Å². The molecule has 0 fully saturated rings. The highest BCUT2D eigenvalue weighted by Crippen LogP contribution is 2.43. The molecule has 0 rings (SSSR count). The number of nitrogens with one attached hydrogen (secondary N) is 1. The van der Waals surface area contributed by atoms with Crippen molar-refractivity contribution in [2.75, 3.05) is 40.9 Å². The maximum absolute atomic E-state index is 13.6. The first kappa shape index (κ1) is 77.9. The first-order valence-corrected chi connectivity index (χ1v) is 35.1. The SMILES string of the molecule is CCCCC/C=C\C/C=C\C/C=C\C/C=C\CCCCCCCCCCCC(=O)OC(/C=C\CCCCCCCCCCCCC)C(COP(=O)(O)OCC[N+](C)(C)C)NC(=O)CCCCCC/C=C\C/C=C\C/C=C\CCCCC. The third-order valence-electron chi connectivity index (χ3n) is 14.5. The van der Waals surface area contributed by atoms with Gasteiger partial charge >= 0.3 is 13.8 Å². The van der Waals surface area contributed by atoms with E-state index in [4.69, 9.17) is 13.8 Å². The number of nitrogens with zero attached hydrogens (tertiary/aromatic N) is 1. The topological polar surface area (TPSA) is 111 Å². The van der Waals surface area contributed by atoms with Crippen molar-refractivity contribution in [3.63, 3.8) is 0 Å². The molecule has 0 saturated carbocycles. The molecule has 0 aliphatic carbocycles. The fourth-order valence-electron chi connectivity index (χ4n) is 9.28. The monoisotopic (exact) mass is 1150 g/mol. The number of likely N-dealkylation sites (N-methyl/N-ethyl adjacent to an activating group) is 1. The van der Waals surface area contributed by atoms with Crippen LogP contribution in [0, 0.1) is 0 Å². The van der Waals surface area contributed by atoms with Crippen LogP contribution < -0.4 is 5.32 Å². The summed E-state index contributed by atoms with van der Waals surface area (Å²) in [5, 5.41) is 3.05. The molecule has 0 saturated heterocycles. The maximum atomic E-state index is 13.6. The van der Waals surface area contributed by atoms with Gasteiger partial charge in [0.2, 0.25) is 5.91 Å². The molecule has 10 heteroatoms. The second kappa shape index (κ2) is 60.1.